The number of aryl methyl sites for hydroxylation is 3. The minimum absolute atomic E-state index is 0.167. The fraction of sp³-hybridized carbons (Fsp3) is 0.750. The summed E-state index contributed by atoms with van der Waals surface area (Å²) in [5.74, 6) is 0.167. The topological polar surface area (TPSA) is 50.2 Å². The zero-order chi connectivity index (χ0) is 14.8. The Labute approximate surface area is 126 Å². The molecule has 1 amide bonds. The van der Waals surface area contributed by atoms with Gasteiger partial charge in [0.1, 0.15) is 0 Å². The van der Waals surface area contributed by atoms with Gasteiger partial charge in [0.05, 0.1) is 5.69 Å². The second kappa shape index (κ2) is 6.18. The maximum Gasteiger partial charge on any atom is 0.222 e. The first-order chi connectivity index (χ1) is 10.1. The van der Waals surface area contributed by atoms with E-state index in [4.69, 9.17) is 0 Å². The van der Waals surface area contributed by atoms with E-state index in [2.05, 4.69) is 21.4 Å². The summed E-state index contributed by atoms with van der Waals surface area (Å²) in [5.41, 5.74) is 2.14. The van der Waals surface area contributed by atoms with E-state index < -0.39 is 0 Å². The van der Waals surface area contributed by atoms with Crippen molar-refractivity contribution in [2.75, 3.05) is 13.1 Å². The average Bonchev–Trinajstić information content (AvgIpc) is 3.00. The van der Waals surface area contributed by atoms with Gasteiger partial charge in [-0.2, -0.15) is 5.10 Å². The number of piperidine rings is 1. The molecular formula is C16H26N4O. The molecule has 2 fully saturated rings. The fourth-order valence-electron chi connectivity index (χ4n) is 3.80. The van der Waals surface area contributed by atoms with Crippen molar-refractivity contribution in [3.63, 3.8) is 0 Å². The Bertz CT molecular complexity index is 510. The van der Waals surface area contributed by atoms with Crippen LogP contribution in [-0.4, -0.2) is 45.8 Å². The molecule has 3 heterocycles. The normalized spacial score (nSPS) is 25.8. The Morgan fingerprint density at radius 3 is 2.95 bits per heavy atom. The summed E-state index contributed by atoms with van der Waals surface area (Å²) in [6, 6.07) is 2.99. The largest absolute Gasteiger partial charge is 0.352 e. The van der Waals surface area contributed by atoms with Crippen molar-refractivity contribution < 1.29 is 4.79 Å². The maximum absolute atomic E-state index is 12.2. The first-order valence-corrected chi connectivity index (χ1v) is 8.18. The van der Waals surface area contributed by atoms with Gasteiger partial charge in [-0.1, -0.05) is 6.42 Å². The van der Waals surface area contributed by atoms with Gasteiger partial charge in [-0.3, -0.25) is 14.4 Å². The van der Waals surface area contributed by atoms with E-state index in [9.17, 15) is 4.79 Å². The van der Waals surface area contributed by atoms with Gasteiger partial charge in [0.2, 0.25) is 5.91 Å². The van der Waals surface area contributed by atoms with Gasteiger partial charge in [-0.25, -0.2) is 0 Å². The molecule has 0 aliphatic carbocycles. The number of fused-ring (bicyclic) bond motifs is 1. The molecule has 2 aliphatic heterocycles. The number of carbonyl (C=O) groups is 1. The lowest BCUT2D eigenvalue weighted by atomic mass is 9.99. The second-order valence-electron chi connectivity index (χ2n) is 6.46. The van der Waals surface area contributed by atoms with E-state index in [-0.39, 0.29) is 5.91 Å². The number of hydrogen-bond donors (Lipinski definition) is 1. The zero-order valence-corrected chi connectivity index (χ0v) is 13.1. The number of hydrogen-bond acceptors (Lipinski definition) is 3. The predicted octanol–water partition coefficient (Wildman–Crippen LogP) is 1.63. The number of aromatic nitrogens is 2. The van der Waals surface area contributed by atoms with Crippen LogP contribution in [0.4, 0.5) is 0 Å². The number of amides is 1. The van der Waals surface area contributed by atoms with Crippen LogP contribution < -0.4 is 5.32 Å². The lowest BCUT2D eigenvalue weighted by Crippen LogP contribution is -2.46. The van der Waals surface area contributed by atoms with Crippen LogP contribution in [0.1, 0.15) is 43.5 Å². The Hall–Kier alpha value is -1.36. The summed E-state index contributed by atoms with van der Waals surface area (Å²) in [7, 11) is 0. The van der Waals surface area contributed by atoms with Crippen molar-refractivity contribution in [3.8, 4) is 0 Å². The Morgan fingerprint density at radius 1 is 1.33 bits per heavy atom. The highest BCUT2D eigenvalue weighted by Gasteiger charge is 2.35. The summed E-state index contributed by atoms with van der Waals surface area (Å²) in [6.07, 6.45) is 5.48. The molecule has 2 saturated heterocycles. The van der Waals surface area contributed by atoms with Crippen molar-refractivity contribution in [2.45, 2.75) is 64.6 Å². The number of nitrogens with zero attached hydrogens (tertiary/aromatic N) is 3. The predicted molar refractivity (Wildman–Crippen MR) is 82.1 cm³/mol. The molecule has 5 heteroatoms. The van der Waals surface area contributed by atoms with Gasteiger partial charge in [0.25, 0.3) is 0 Å². The van der Waals surface area contributed by atoms with Gasteiger partial charge in [0, 0.05) is 37.3 Å². The zero-order valence-electron chi connectivity index (χ0n) is 13.1. The lowest BCUT2D eigenvalue weighted by Gasteiger charge is -2.32. The molecule has 0 saturated carbocycles. The third-order valence-electron chi connectivity index (χ3n) is 4.86. The van der Waals surface area contributed by atoms with Gasteiger partial charge in [-0.05, 0) is 45.7 Å². The quantitative estimate of drug-likeness (QED) is 0.917. The summed E-state index contributed by atoms with van der Waals surface area (Å²) in [5, 5.41) is 7.66. The molecule has 0 spiro atoms. The number of nitrogens with one attached hydrogen (secondary N) is 1. The van der Waals surface area contributed by atoms with E-state index in [0.29, 0.717) is 25.0 Å². The molecule has 21 heavy (non-hydrogen) atoms. The third kappa shape index (κ3) is 3.28. The van der Waals surface area contributed by atoms with Crippen LogP contribution in [0.25, 0.3) is 0 Å². The molecule has 0 aromatic carbocycles. The van der Waals surface area contributed by atoms with Crippen LogP contribution in [0.5, 0.6) is 0 Å². The molecule has 2 aliphatic rings. The van der Waals surface area contributed by atoms with Crippen LogP contribution in [0.2, 0.25) is 0 Å². The van der Waals surface area contributed by atoms with Crippen molar-refractivity contribution >= 4 is 5.91 Å². The van der Waals surface area contributed by atoms with Crippen LogP contribution in [0, 0.1) is 13.8 Å². The highest BCUT2D eigenvalue weighted by molar-refractivity contribution is 5.76. The Morgan fingerprint density at radius 2 is 2.19 bits per heavy atom. The van der Waals surface area contributed by atoms with Crippen LogP contribution in [0.15, 0.2) is 6.07 Å². The van der Waals surface area contributed by atoms with E-state index in [1.807, 2.05) is 18.5 Å². The van der Waals surface area contributed by atoms with Crippen LogP contribution >= 0.6 is 0 Å². The number of rotatable bonds is 4. The second-order valence-corrected chi connectivity index (χ2v) is 6.46. The standard InChI is InChI=1S/C16H26N4O/c1-12-11-13(2)20(18-12)10-7-16(21)17-14-6-9-19-8-4-3-5-15(14)19/h11,14-15H,3-10H2,1-2H3,(H,17,21)/t14-,15+/m1/s1. The molecule has 1 N–H and O–H groups in total. The molecule has 5 nitrogen and oxygen atoms in total. The SMILES string of the molecule is Cc1cc(C)n(CCC(=O)N[C@@H]2CCN3CCCC[C@@H]23)n1. The summed E-state index contributed by atoms with van der Waals surface area (Å²) in [4.78, 5) is 14.7. The fourth-order valence-corrected chi connectivity index (χ4v) is 3.80. The van der Waals surface area contributed by atoms with Gasteiger partial charge < -0.3 is 5.32 Å². The minimum atomic E-state index is 0.167. The first kappa shape index (κ1) is 14.6. The highest BCUT2D eigenvalue weighted by Crippen LogP contribution is 2.27. The van der Waals surface area contributed by atoms with Gasteiger partial charge >= 0.3 is 0 Å². The number of carbonyl (C=O) groups excluding carboxylic acids is 1. The first-order valence-electron chi connectivity index (χ1n) is 8.18. The van der Waals surface area contributed by atoms with Crippen LogP contribution in [0.3, 0.4) is 0 Å². The highest BCUT2D eigenvalue weighted by atomic mass is 16.1. The molecule has 1 aromatic rings. The Kier molecular flexibility index (Phi) is 4.29. The van der Waals surface area contributed by atoms with Crippen molar-refractivity contribution in [3.05, 3.63) is 17.5 Å². The van der Waals surface area contributed by atoms with E-state index in [1.165, 1.54) is 25.8 Å². The van der Waals surface area contributed by atoms with E-state index in [1.54, 1.807) is 0 Å². The molecule has 2 atom stereocenters. The van der Waals surface area contributed by atoms with Crippen molar-refractivity contribution in [1.82, 2.24) is 20.0 Å². The monoisotopic (exact) mass is 290 g/mol. The molecular weight excluding hydrogens is 264 g/mol. The minimum Gasteiger partial charge on any atom is -0.352 e. The summed E-state index contributed by atoms with van der Waals surface area (Å²) >= 11 is 0. The van der Waals surface area contributed by atoms with Gasteiger partial charge in [-0.15, -0.1) is 0 Å². The molecule has 0 unspecified atom stereocenters. The maximum atomic E-state index is 12.2. The average molecular weight is 290 g/mol. The molecule has 0 bridgehead atoms. The molecule has 116 valence electrons. The van der Waals surface area contributed by atoms with Crippen LogP contribution in [-0.2, 0) is 11.3 Å². The van der Waals surface area contributed by atoms with E-state index >= 15 is 0 Å². The third-order valence-corrected chi connectivity index (χ3v) is 4.86. The Balaban J connectivity index is 1.49. The molecule has 1 aromatic heterocycles. The molecule has 0 radical (unpaired) electrons. The summed E-state index contributed by atoms with van der Waals surface area (Å²) < 4.78 is 1.93. The van der Waals surface area contributed by atoms with Crippen molar-refractivity contribution in [2.24, 2.45) is 0 Å². The van der Waals surface area contributed by atoms with Gasteiger partial charge in [0.15, 0.2) is 0 Å². The summed E-state index contributed by atoms with van der Waals surface area (Å²) in [6.45, 7) is 7.05. The smallest absolute Gasteiger partial charge is 0.222 e. The lowest BCUT2D eigenvalue weighted by molar-refractivity contribution is -0.122. The van der Waals surface area contributed by atoms with E-state index in [0.717, 1.165) is 24.4 Å². The molecule has 3 rings (SSSR count). The van der Waals surface area contributed by atoms with Crippen molar-refractivity contribution in [1.29, 1.82) is 0 Å².